The van der Waals surface area contributed by atoms with E-state index < -0.39 is 15.4 Å². The van der Waals surface area contributed by atoms with Gasteiger partial charge in [-0.15, -0.1) is 0 Å². The lowest BCUT2D eigenvalue weighted by Crippen LogP contribution is -2.50. The summed E-state index contributed by atoms with van der Waals surface area (Å²) in [6.07, 6.45) is 4.73. The van der Waals surface area contributed by atoms with Crippen LogP contribution in [0.4, 0.5) is 0 Å². The lowest BCUT2D eigenvalue weighted by molar-refractivity contribution is -0.124. The monoisotopic (exact) mass is 419 g/mol. The van der Waals surface area contributed by atoms with E-state index in [9.17, 15) is 18.0 Å². The molecule has 2 saturated carbocycles. The van der Waals surface area contributed by atoms with E-state index in [-0.39, 0.29) is 29.9 Å². The molecular formula is C21H29N3O4S. The van der Waals surface area contributed by atoms with Gasteiger partial charge in [0, 0.05) is 24.2 Å². The molecule has 158 valence electrons. The standard InChI is InChI=1S/C21H29N3O4S/c1-21(10-11-29(27,28)14-21)23-19(25)13-24(18-8-9-18)12-15-2-4-16(5-3-15)20(26)22-17-6-7-17/h2-5,17-18H,6-14H2,1H3,(H,22,26)(H,23,25). The Morgan fingerprint density at radius 3 is 2.38 bits per heavy atom. The normalized spacial score (nSPS) is 25.7. The number of rotatable bonds is 8. The van der Waals surface area contributed by atoms with E-state index in [0.717, 1.165) is 31.2 Å². The molecule has 1 aliphatic heterocycles. The van der Waals surface area contributed by atoms with Gasteiger partial charge in [-0.1, -0.05) is 12.1 Å². The fourth-order valence-corrected chi connectivity index (χ4v) is 6.01. The summed E-state index contributed by atoms with van der Waals surface area (Å²) in [5.74, 6) is -0.00903. The summed E-state index contributed by atoms with van der Waals surface area (Å²) in [6.45, 7) is 2.70. The van der Waals surface area contributed by atoms with Crippen molar-refractivity contribution in [2.24, 2.45) is 0 Å². The van der Waals surface area contributed by atoms with Crippen molar-refractivity contribution in [3.63, 3.8) is 0 Å². The predicted molar refractivity (Wildman–Crippen MR) is 110 cm³/mol. The molecule has 1 aromatic carbocycles. The molecule has 3 aliphatic rings. The Morgan fingerprint density at radius 2 is 1.83 bits per heavy atom. The predicted octanol–water partition coefficient (Wildman–Crippen LogP) is 1.24. The minimum atomic E-state index is -3.06. The maximum atomic E-state index is 12.6. The minimum absolute atomic E-state index is 0.0134. The first-order chi connectivity index (χ1) is 13.7. The van der Waals surface area contributed by atoms with E-state index in [1.807, 2.05) is 31.2 Å². The SMILES string of the molecule is CC1(NC(=O)CN(Cc2ccc(C(=O)NC3CC3)cc2)C2CC2)CCS(=O)(=O)C1. The summed E-state index contributed by atoms with van der Waals surface area (Å²) >= 11 is 0. The Morgan fingerprint density at radius 1 is 1.14 bits per heavy atom. The summed E-state index contributed by atoms with van der Waals surface area (Å²) in [4.78, 5) is 26.9. The third-order valence-corrected chi connectivity index (χ3v) is 7.77. The van der Waals surface area contributed by atoms with Crippen LogP contribution < -0.4 is 10.6 Å². The van der Waals surface area contributed by atoms with Gasteiger partial charge in [-0.3, -0.25) is 14.5 Å². The summed E-state index contributed by atoms with van der Waals surface area (Å²) in [5, 5.41) is 5.93. The number of sulfone groups is 1. The number of nitrogens with one attached hydrogen (secondary N) is 2. The maximum absolute atomic E-state index is 12.6. The topological polar surface area (TPSA) is 95.6 Å². The zero-order chi connectivity index (χ0) is 20.6. The molecule has 1 saturated heterocycles. The van der Waals surface area contributed by atoms with Gasteiger partial charge < -0.3 is 10.6 Å². The highest BCUT2D eigenvalue weighted by Gasteiger charge is 2.40. The Bertz CT molecular complexity index is 891. The van der Waals surface area contributed by atoms with Crippen molar-refractivity contribution in [2.75, 3.05) is 18.1 Å². The van der Waals surface area contributed by atoms with Crippen LogP contribution in [0.1, 0.15) is 54.9 Å². The zero-order valence-electron chi connectivity index (χ0n) is 16.8. The van der Waals surface area contributed by atoms with Gasteiger partial charge >= 0.3 is 0 Å². The fourth-order valence-electron chi connectivity index (χ4n) is 3.92. The second kappa shape index (κ2) is 7.72. The van der Waals surface area contributed by atoms with Crippen molar-refractivity contribution in [1.82, 2.24) is 15.5 Å². The number of benzene rings is 1. The molecule has 0 bridgehead atoms. The number of nitrogens with zero attached hydrogens (tertiary/aromatic N) is 1. The van der Waals surface area contributed by atoms with Crippen LogP contribution in [-0.2, 0) is 21.2 Å². The maximum Gasteiger partial charge on any atom is 0.251 e. The molecule has 0 radical (unpaired) electrons. The molecule has 1 atom stereocenters. The highest BCUT2D eigenvalue weighted by molar-refractivity contribution is 7.91. The van der Waals surface area contributed by atoms with Crippen LogP contribution in [0, 0.1) is 0 Å². The van der Waals surface area contributed by atoms with Crippen molar-refractivity contribution < 1.29 is 18.0 Å². The molecule has 2 amide bonds. The van der Waals surface area contributed by atoms with Crippen LogP contribution in [0.5, 0.6) is 0 Å². The molecule has 7 nitrogen and oxygen atoms in total. The van der Waals surface area contributed by atoms with Crippen LogP contribution in [0.3, 0.4) is 0 Å². The smallest absolute Gasteiger partial charge is 0.251 e. The number of carbonyl (C=O) groups excluding carboxylic acids is 2. The van der Waals surface area contributed by atoms with Crippen LogP contribution in [0.25, 0.3) is 0 Å². The van der Waals surface area contributed by atoms with Crippen LogP contribution in [0.15, 0.2) is 24.3 Å². The summed E-state index contributed by atoms with van der Waals surface area (Å²) in [7, 11) is -3.06. The average molecular weight is 420 g/mol. The number of carbonyl (C=O) groups is 2. The van der Waals surface area contributed by atoms with Crippen LogP contribution in [-0.4, -0.2) is 60.8 Å². The lowest BCUT2D eigenvalue weighted by Gasteiger charge is -2.27. The summed E-state index contributed by atoms with van der Waals surface area (Å²) in [6, 6.07) is 8.28. The fraction of sp³-hybridized carbons (Fsp3) is 0.619. The first-order valence-electron chi connectivity index (χ1n) is 10.4. The zero-order valence-corrected chi connectivity index (χ0v) is 17.6. The van der Waals surface area contributed by atoms with Crippen molar-refractivity contribution in [2.45, 2.75) is 63.2 Å². The first kappa shape index (κ1) is 20.3. The molecule has 0 aromatic heterocycles. The molecule has 8 heteroatoms. The molecule has 1 heterocycles. The van der Waals surface area contributed by atoms with Crippen molar-refractivity contribution in [3.8, 4) is 0 Å². The van der Waals surface area contributed by atoms with Gasteiger partial charge in [0.1, 0.15) is 0 Å². The molecule has 0 spiro atoms. The van der Waals surface area contributed by atoms with Crippen LogP contribution in [0.2, 0.25) is 0 Å². The van der Waals surface area contributed by atoms with Gasteiger partial charge in [0.2, 0.25) is 5.91 Å². The number of hydrogen-bond donors (Lipinski definition) is 2. The minimum Gasteiger partial charge on any atom is -0.349 e. The van der Waals surface area contributed by atoms with Gasteiger partial charge in [-0.25, -0.2) is 8.42 Å². The van der Waals surface area contributed by atoms with E-state index in [2.05, 4.69) is 15.5 Å². The highest BCUT2D eigenvalue weighted by Crippen LogP contribution is 2.29. The molecular weight excluding hydrogens is 390 g/mol. The Balaban J connectivity index is 1.33. The second-order valence-electron chi connectivity index (χ2n) is 9.03. The van der Waals surface area contributed by atoms with Gasteiger partial charge in [0.05, 0.1) is 23.6 Å². The molecule has 1 unspecified atom stereocenters. The van der Waals surface area contributed by atoms with Crippen molar-refractivity contribution in [1.29, 1.82) is 0 Å². The third kappa shape index (κ3) is 5.57. The van der Waals surface area contributed by atoms with E-state index in [1.165, 1.54) is 0 Å². The van der Waals surface area contributed by atoms with Gasteiger partial charge in [-0.2, -0.15) is 0 Å². The highest BCUT2D eigenvalue weighted by atomic mass is 32.2. The van der Waals surface area contributed by atoms with Crippen molar-refractivity contribution >= 4 is 21.7 Å². The molecule has 3 fully saturated rings. The summed E-state index contributed by atoms with van der Waals surface area (Å²) in [5.41, 5.74) is 1.05. The number of hydrogen-bond acceptors (Lipinski definition) is 5. The Hall–Kier alpha value is -1.93. The first-order valence-corrected chi connectivity index (χ1v) is 12.2. The molecule has 2 aliphatic carbocycles. The second-order valence-corrected chi connectivity index (χ2v) is 11.2. The molecule has 29 heavy (non-hydrogen) atoms. The quantitative estimate of drug-likeness (QED) is 0.661. The van der Waals surface area contributed by atoms with Gasteiger partial charge in [-0.05, 0) is 56.7 Å². The molecule has 1 aromatic rings. The van der Waals surface area contributed by atoms with Crippen LogP contribution >= 0.6 is 0 Å². The third-order valence-electron chi connectivity index (χ3n) is 5.87. The largest absolute Gasteiger partial charge is 0.349 e. The average Bonchev–Trinajstić information content (AvgIpc) is 3.54. The number of amides is 2. The van der Waals surface area contributed by atoms with E-state index >= 15 is 0 Å². The lowest BCUT2D eigenvalue weighted by atomic mass is 10.0. The Labute approximate surface area is 172 Å². The van der Waals surface area contributed by atoms with E-state index in [1.54, 1.807) is 0 Å². The van der Waals surface area contributed by atoms with Crippen molar-refractivity contribution in [3.05, 3.63) is 35.4 Å². The molecule has 4 rings (SSSR count). The van der Waals surface area contributed by atoms with Gasteiger partial charge in [0.25, 0.3) is 5.91 Å². The molecule has 2 N–H and O–H groups in total. The van der Waals surface area contributed by atoms with E-state index in [4.69, 9.17) is 0 Å². The van der Waals surface area contributed by atoms with E-state index in [0.29, 0.717) is 30.6 Å². The summed E-state index contributed by atoms with van der Waals surface area (Å²) < 4.78 is 23.5. The Kier molecular flexibility index (Phi) is 5.42. The van der Waals surface area contributed by atoms with Gasteiger partial charge in [0.15, 0.2) is 9.84 Å².